The molecule has 1 rings (SSSR count). The van der Waals surface area contributed by atoms with E-state index in [-0.39, 0.29) is 25.6 Å². The number of nitrogens with two attached hydrogens (primary N) is 1. The van der Waals surface area contributed by atoms with E-state index in [0.29, 0.717) is 18.3 Å². The molecule has 0 aliphatic heterocycles. The lowest BCUT2D eigenvalue weighted by Crippen LogP contribution is -2.22. The van der Waals surface area contributed by atoms with Crippen molar-refractivity contribution < 1.29 is 14.8 Å². The number of nitrogens with one attached hydrogen (secondary N) is 1. The Morgan fingerprint density at radius 1 is 1.79 bits per heavy atom. The van der Waals surface area contributed by atoms with Crippen molar-refractivity contribution in [1.82, 2.24) is 14.9 Å². The van der Waals surface area contributed by atoms with E-state index < -0.39 is 4.92 Å². The lowest BCUT2D eigenvalue weighted by atomic mass is 10.5. The number of hydrogen-bond acceptors (Lipinski definition) is 7. The summed E-state index contributed by atoms with van der Waals surface area (Å²) in [6, 6.07) is 0. The highest BCUT2D eigenvalue weighted by atomic mass is 16.6. The first-order valence-electron chi connectivity index (χ1n) is 5.66. The molecule has 0 aliphatic carbocycles. The first kappa shape index (κ1) is 14.8. The Balaban J connectivity index is 2.53. The van der Waals surface area contributed by atoms with Gasteiger partial charge in [-0.1, -0.05) is 0 Å². The topological polar surface area (TPSA) is 128 Å². The molecule has 0 atom stereocenters. The average molecular weight is 271 g/mol. The molecule has 0 unspecified atom stereocenters. The summed E-state index contributed by atoms with van der Waals surface area (Å²) < 4.78 is 6.74. The smallest absolute Gasteiger partial charge is 0.342 e. The van der Waals surface area contributed by atoms with Gasteiger partial charge in [0, 0.05) is 13.5 Å². The number of hydrogen-bond donors (Lipinski definition) is 3. The molecule has 0 radical (unpaired) electrons. The summed E-state index contributed by atoms with van der Waals surface area (Å²) in [7, 11) is 0. The van der Waals surface area contributed by atoms with Crippen LogP contribution in [0.1, 0.15) is 5.82 Å². The molecule has 1 aromatic rings. The summed E-state index contributed by atoms with van der Waals surface area (Å²) in [6.07, 6.45) is 2.43. The summed E-state index contributed by atoms with van der Waals surface area (Å²) in [5.74, 6) is 0.772. The molecular weight excluding hydrogens is 254 g/mol. The molecule has 0 aromatic carbocycles. The van der Waals surface area contributed by atoms with E-state index in [9.17, 15) is 10.1 Å². The zero-order chi connectivity index (χ0) is 14.3. The van der Waals surface area contributed by atoms with Gasteiger partial charge in [-0.25, -0.2) is 9.55 Å². The quantitative estimate of drug-likeness (QED) is 0.329. The number of imidazole rings is 1. The molecule has 0 aliphatic rings. The molecule has 4 N–H and O–H groups in total. The van der Waals surface area contributed by atoms with E-state index in [1.807, 2.05) is 0 Å². The summed E-state index contributed by atoms with van der Waals surface area (Å²) in [6.45, 7) is 2.41. The van der Waals surface area contributed by atoms with Crippen LogP contribution in [-0.4, -0.2) is 39.3 Å². The second-order valence-corrected chi connectivity index (χ2v) is 3.60. The lowest BCUT2D eigenvalue weighted by molar-refractivity contribution is -0.392. The van der Waals surface area contributed by atoms with Gasteiger partial charge in [0.1, 0.15) is 19.3 Å². The van der Waals surface area contributed by atoms with Gasteiger partial charge in [-0.2, -0.15) is 0 Å². The van der Waals surface area contributed by atoms with Crippen molar-refractivity contribution in [1.29, 1.82) is 0 Å². The fraction of sp³-hybridized carbons (Fsp3) is 0.500. The highest BCUT2D eigenvalue weighted by Crippen LogP contribution is 2.13. The van der Waals surface area contributed by atoms with Crippen molar-refractivity contribution in [3.63, 3.8) is 0 Å². The largest absolute Gasteiger partial charge is 0.474 e. The summed E-state index contributed by atoms with van der Waals surface area (Å²) in [5.41, 5.74) is 5.32. The number of rotatable bonds is 8. The van der Waals surface area contributed by atoms with Gasteiger partial charge in [-0.3, -0.25) is 0 Å². The third-order valence-electron chi connectivity index (χ3n) is 2.36. The molecule has 9 heteroatoms. The van der Waals surface area contributed by atoms with Crippen LogP contribution in [-0.2, 0) is 11.3 Å². The molecule has 106 valence electrons. The molecule has 9 nitrogen and oxygen atoms in total. The minimum atomic E-state index is -0.496. The molecule has 0 spiro atoms. The Kier molecular flexibility index (Phi) is 5.61. The van der Waals surface area contributed by atoms with E-state index in [1.165, 1.54) is 17.0 Å². The Morgan fingerprint density at radius 2 is 2.53 bits per heavy atom. The number of nitrogens with zero attached hydrogens (tertiary/aromatic N) is 3. The first-order valence-corrected chi connectivity index (χ1v) is 5.66. The van der Waals surface area contributed by atoms with E-state index >= 15 is 0 Å². The zero-order valence-corrected chi connectivity index (χ0v) is 10.6. The monoisotopic (exact) mass is 271 g/mol. The summed E-state index contributed by atoms with van der Waals surface area (Å²) in [5, 5.41) is 22.2. The van der Waals surface area contributed by atoms with Crippen LogP contribution in [0.2, 0.25) is 0 Å². The number of aromatic nitrogens is 2. The molecule has 0 amide bonds. The van der Waals surface area contributed by atoms with Gasteiger partial charge < -0.3 is 31.0 Å². The van der Waals surface area contributed by atoms with Crippen molar-refractivity contribution >= 4 is 5.82 Å². The van der Waals surface area contributed by atoms with Crippen molar-refractivity contribution in [3.8, 4) is 0 Å². The highest BCUT2D eigenvalue weighted by molar-refractivity contribution is 5.18. The van der Waals surface area contributed by atoms with Crippen molar-refractivity contribution in [3.05, 3.63) is 34.2 Å². The maximum atomic E-state index is 10.8. The lowest BCUT2D eigenvalue weighted by Gasteiger charge is -2.10. The van der Waals surface area contributed by atoms with Gasteiger partial charge in [-0.05, 0) is 4.92 Å². The predicted molar refractivity (Wildman–Crippen MR) is 66.9 cm³/mol. The molecular formula is C10H17N5O4. The Bertz CT molecular complexity index is 457. The Morgan fingerprint density at radius 3 is 3.11 bits per heavy atom. The fourth-order valence-corrected chi connectivity index (χ4v) is 1.46. The molecule has 0 saturated heterocycles. The van der Waals surface area contributed by atoms with Gasteiger partial charge in [0.25, 0.3) is 0 Å². The van der Waals surface area contributed by atoms with E-state index in [1.54, 1.807) is 6.92 Å². The molecule has 1 aromatic heterocycles. The van der Waals surface area contributed by atoms with Gasteiger partial charge >= 0.3 is 5.82 Å². The van der Waals surface area contributed by atoms with Crippen LogP contribution in [0.4, 0.5) is 5.82 Å². The van der Waals surface area contributed by atoms with E-state index in [4.69, 9.17) is 15.6 Å². The maximum Gasteiger partial charge on any atom is 0.342 e. The van der Waals surface area contributed by atoms with Gasteiger partial charge in [0.05, 0.1) is 12.8 Å². The zero-order valence-electron chi connectivity index (χ0n) is 10.6. The second kappa shape index (κ2) is 7.21. The number of nitro groups is 1. The van der Waals surface area contributed by atoms with Crippen LogP contribution in [0.15, 0.2) is 18.3 Å². The minimum absolute atomic E-state index is 0.0488. The molecule has 0 bridgehead atoms. The minimum Gasteiger partial charge on any atom is -0.474 e. The summed E-state index contributed by atoms with van der Waals surface area (Å²) >= 11 is 0. The van der Waals surface area contributed by atoms with Crippen LogP contribution in [0.5, 0.6) is 0 Å². The first-order chi connectivity index (χ1) is 9.10. The van der Waals surface area contributed by atoms with E-state index in [0.717, 1.165) is 0 Å². The molecule has 19 heavy (non-hydrogen) atoms. The van der Waals surface area contributed by atoms with Crippen LogP contribution in [0.3, 0.4) is 0 Å². The van der Waals surface area contributed by atoms with Crippen LogP contribution in [0.25, 0.3) is 0 Å². The standard InChI is InChI=1S/C10H17N5O4/c1-8-13-7-10(15(17)18)14(8)3-5-19-9(6-11)12-2-4-16/h6-7,12,16H,2-5,11H2,1H3/b9-6+. The number of ether oxygens (including phenoxy) is 1. The van der Waals surface area contributed by atoms with Crippen molar-refractivity contribution in [2.45, 2.75) is 13.5 Å². The number of aliphatic hydroxyl groups excluding tert-OH is 1. The van der Waals surface area contributed by atoms with Crippen LogP contribution < -0.4 is 11.1 Å². The number of aliphatic hydroxyl groups is 1. The Labute approximate surface area is 109 Å². The number of aryl methyl sites for hydroxylation is 1. The maximum absolute atomic E-state index is 10.8. The van der Waals surface area contributed by atoms with Crippen molar-refractivity contribution in [2.24, 2.45) is 5.73 Å². The Hall–Kier alpha value is -2.29. The second-order valence-electron chi connectivity index (χ2n) is 3.60. The predicted octanol–water partition coefficient (Wildman–Crippen LogP) is -0.544. The van der Waals surface area contributed by atoms with Crippen molar-refractivity contribution in [2.75, 3.05) is 19.8 Å². The van der Waals surface area contributed by atoms with Crippen LogP contribution in [0, 0.1) is 17.0 Å². The SMILES string of the molecule is Cc1ncc([N+](=O)[O-])n1CCO/C(=C/N)NCCO. The van der Waals surface area contributed by atoms with E-state index in [2.05, 4.69) is 10.3 Å². The third kappa shape index (κ3) is 4.14. The molecule has 0 saturated carbocycles. The van der Waals surface area contributed by atoms with Gasteiger partial charge in [-0.15, -0.1) is 0 Å². The third-order valence-corrected chi connectivity index (χ3v) is 2.36. The molecule has 0 fully saturated rings. The summed E-state index contributed by atoms with van der Waals surface area (Å²) in [4.78, 5) is 14.1. The normalized spacial score (nSPS) is 11.4. The highest BCUT2D eigenvalue weighted by Gasteiger charge is 2.16. The fourth-order valence-electron chi connectivity index (χ4n) is 1.46. The molecule has 1 heterocycles. The average Bonchev–Trinajstić information content (AvgIpc) is 2.75. The van der Waals surface area contributed by atoms with Crippen LogP contribution >= 0.6 is 0 Å². The van der Waals surface area contributed by atoms with Gasteiger partial charge in [0.2, 0.25) is 5.88 Å². The van der Waals surface area contributed by atoms with Gasteiger partial charge in [0.15, 0.2) is 5.82 Å².